The Hall–Kier alpha value is -1.42. The van der Waals surface area contributed by atoms with Gasteiger partial charge in [0.15, 0.2) is 0 Å². The largest absolute Gasteiger partial charge is 0.493 e. The Bertz CT molecular complexity index is 362. The zero-order valence-corrected chi connectivity index (χ0v) is 10.1. The summed E-state index contributed by atoms with van der Waals surface area (Å²) in [6.07, 6.45) is 1.08. The highest BCUT2D eigenvalue weighted by molar-refractivity contribution is 5.55. The first-order valence-corrected chi connectivity index (χ1v) is 6.02. The summed E-state index contributed by atoms with van der Waals surface area (Å²) in [6.45, 7) is 4.87. The maximum atomic E-state index is 5.79. The van der Waals surface area contributed by atoms with Crippen LogP contribution in [0, 0.1) is 5.92 Å². The quantitative estimate of drug-likeness (QED) is 0.797. The molecule has 2 N–H and O–H groups in total. The van der Waals surface area contributed by atoms with E-state index in [1.807, 2.05) is 25.1 Å². The summed E-state index contributed by atoms with van der Waals surface area (Å²) in [4.78, 5) is 0. The van der Waals surface area contributed by atoms with Gasteiger partial charge in [0.2, 0.25) is 0 Å². The van der Waals surface area contributed by atoms with Crippen LogP contribution in [0.1, 0.15) is 13.3 Å². The second-order valence-corrected chi connectivity index (χ2v) is 4.17. The van der Waals surface area contributed by atoms with Crippen LogP contribution in [-0.4, -0.2) is 26.4 Å². The highest BCUT2D eigenvalue weighted by atomic mass is 16.5. The Morgan fingerprint density at radius 1 is 1.41 bits per heavy atom. The van der Waals surface area contributed by atoms with Crippen molar-refractivity contribution in [2.24, 2.45) is 5.92 Å². The third kappa shape index (κ3) is 3.27. The molecule has 1 heterocycles. The molecule has 1 aromatic carbocycles. The van der Waals surface area contributed by atoms with Crippen LogP contribution in [0.4, 0.5) is 5.69 Å². The molecule has 0 saturated carbocycles. The first-order chi connectivity index (χ1) is 8.29. The molecule has 0 aromatic heterocycles. The molecule has 4 nitrogen and oxygen atoms in total. The molecule has 0 amide bonds. The normalized spacial score (nSPS) is 19.2. The number of anilines is 1. The van der Waals surface area contributed by atoms with Gasteiger partial charge in [0.25, 0.3) is 0 Å². The van der Waals surface area contributed by atoms with E-state index in [1.165, 1.54) is 0 Å². The molecule has 1 aliphatic rings. The lowest BCUT2D eigenvalue weighted by molar-refractivity contribution is 0.167. The molecule has 1 aliphatic heterocycles. The third-order valence-corrected chi connectivity index (χ3v) is 2.79. The topological polar surface area (TPSA) is 53.7 Å². The Labute approximate surface area is 102 Å². The Morgan fingerprint density at radius 2 is 2.29 bits per heavy atom. The molecule has 1 saturated heterocycles. The summed E-state index contributed by atoms with van der Waals surface area (Å²) in [6, 6.07) is 5.52. The SMILES string of the molecule is CCOc1cc(OCC2CCOC2)ccc1N. The van der Waals surface area contributed by atoms with Crippen LogP contribution in [-0.2, 0) is 4.74 Å². The fraction of sp³-hybridized carbons (Fsp3) is 0.538. The van der Waals surface area contributed by atoms with E-state index in [4.69, 9.17) is 19.9 Å². The predicted octanol–water partition coefficient (Wildman–Crippen LogP) is 2.08. The van der Waals surface area contributed by atoms with Crippen molar-refractivity contribution in [2.45, 2.75) is 13.3 Å². The maximum Gasteiger partial charge on any atom is 0.145 e. The Morgan fingerprint density at radius 3 is 3.00 bits per heavy atom. The van der Waals surface area contributed by atoms with Crippen molar-refractivity contribution in [1.82, 2.24) is 0 Å². The molecule has 1 aromatic rings. The van der Waals surface area contributed by atoms with Gasteiger partial charge in [-0.05, 0) is 25.5 Å². The van der Waals surface area contributed by atoms with Gasteiger partial charge >= 0.3 is 0 Å². The number of benzene rings is 1. The third-order valence-electron chi connectivity index (χ3n) is 2.79. The van der Waals surface area contributed by atoms with E-state index in [9.17, 15) is 0 Å². The molecule has 0 radical (unpaired) electrons. The number of nitrogen functional groups attached to an aromatic ring is 1. The van der Waals surface area contributed by atoms with Gasteiger partial charge in [-0.1, -0.05) is 0 Å². The second-order valence-electron chi connectivity index (χ2n) is 4.17. The standard InChI is InChI=1S/C13H19NO3/c1-2-16-13-7-11(3-4-12(13)14)17-9-10-5-6-15-8-10/h3-4,7,10H,2,5-6,8-9,14H2,1H3. The van der Waals surface area contributed by atoms with Crippen LogP contribution >= 0.6 is 0 Å². The van der Waals surface area contributed by atoms with E-state index in [0.29, 0.717) is 30.6 Å². The molecular formula is C13H19NO3. The fourth-order valence-corrected chi connectivity index (χ4v) is 1.81. The number of hydrogen-bond donors (Lipinski definition) is 1. The van der Waals surface area contributed by atoms with Gasteiger partial charge < -0.3 is 19.9 Å². The van der Waals surface area contributed by atoms with Crippen molar-refractivity contribution >= 4 is 5.69 Å². The van der Waals surface area contributed by atoms with Crippen LogP contribution in [0.25, 0.3) is 0 Å². The molecule has 0 spiro atoms. The second kappa shape index (κ2) is 5.77. The number of hydrogen-bond acceptors (Lipinski definition) is 4. The summed E-state index contributed by atoms with van der Waals surface area (Å²) < 4.78 is 16.4. The molecule has 0 aliphatic carbocycles. The smallest absolute Gasteiger partial charge is 0.145 e. The van der Waals surface area contributed by atoms with Crippen molar-refractivity contribution in [3.63, 3.8) is 0 Å². The van der Waals surface area contributed by atoms with Gasteiger partial charge in [0, 0.05) is 18.6 Å². The van der Waals surface area contributed by atoms with Crippen LogP contribution in [0.15, 0.2) is 18.2 Å². The molecule has 1 unspecified atom stereocenters. The summed E-state index contributed by atoms with van der Waals surface area (Å²) in [5.74, 6) is 1.99. The van der Waals surface area contributed by atoms with E-state index in [0.717, 1.165) is 25.4 Å². The minimum absolute atomic E-state index is 0.503. The van der Waals surface area contributed by atoms with Crippen molar-refractivity contribution in [3.05, 3.63) is 18.2 Å². The molecule has 17 heavy (non-hydrogen) atoms. The average Bonchev–Trinajstić information content (AvgIpc) is 2.83. The Kier molecular flexibility index (Phi) is 4.09. The van der Waals surface area contributed by atoms with E-state index in [2.05, 4.69) is 0 Å². The van der Waals surface area contributed by atoms with Crippen LogP contribution < -0.4 is 15.2 Å². The monoisotopic (exact) mass is 237 g/mol. The van der Waals surface area contributed by atoms with Gasteiger partial charge in [-0.15, -0.1) is 0 Å². The van der Waals surface area contributed by atoms with Crippen LogP contribution in [0.3, 0.4) is 0 Å². The number of rotatable bonds is 5. The molecule has 2 rings (SSSR count). The summed E-state index contributed by atoms with van der Waals surface area (Å²) >= 11 is 0. The van der Waals surface area contributed by atoms with Gasteiger partial charge in [-0.2, -0.15) is 0 Å². The molecule has 4 heteroatoms. The predicted molar refractivity (Wildman–Crippen MR) is 66.4 cm³/mol. The lowest BCUT2D eigenvalue weighted by Gasteiger charge is -2.12. The van der Waals surface area contributed by atoms with Crippen LogP contribution in [0.5, 0.6) is 11.5 Å². The lowest BCUT2D eigenvalue weighted by atomic mass is 10.1. The minimum Gasteiger partial charge on any atom is -0.493 e. The van der Waals surface area contributed by atoms with E-state index in [1.54, 1.807) is 0 Å². The van der Waals surface area contributed by atoms with Crippen molar-refractivity contribution < 1.29 is 14.2 Å². The fourth-order valence-electron chi connectivity index (χ4n) is 1.81. The van der Waals surface area contributed by atoms with E-state index < -0.39 is 0 Å². The van der Waals surface area contributed by atoms with Gasteiger partial charge in [-0.3, -0.25) is 0 Å². The zero-order chi connectivity index (χ0) is 12.1. The minimum atomic E-state index is 0.503. The first kappa shape index (κ1) is 12.0. The average molecular weight is 237 g/mol. The summed E-state index contributed by atoms with van der Waals surface area (Å²) in [7, 11) is 0. The molecular weight excluding hydrogens is 218 g/mol. The Balaban J connectivity index is 1.93. The number of nitrogens with two attached hydrogens (primary N) is 1. The zero-order valence-electron chi connectivity index (χ0n) is 10.1. The van der Waals surface area contributed by atoms with Crippen LogP contribution in [0.2, 0.25) is 0 Å². The van der Waals surface area contributed by atoms with E-state index >= 15 is 0 Å². The highest BCUT2D eigenvalue weighted by Gasteiger charge is 2.16. The van der Waals surface area contributed by atoms with Gasteiger partial charge in [0.1, 0.15) is 11.5 Å². The summed E-state index contributed by atoms with van der Waals surface area (Å²) in [5, 5.41) is 0. The van der Waals surface area contributed by atoms with E-state index in [-0.39, 0.29) is 0 Å². The van der Waals surface area contributed by atoms with Crippen molar-refractivity contribution in [1.29, 1.82) is 0 Å². The number of ether oxygens (including phenoxy) is 3. The van der Waals surface area contributed by atoms with Gasteiger partial charge in [-0.25, -0.2) is 0 Å². The first-order valence-electron chi connectivity index (χ1n) is 6.02. The summed E-state index contributed by atoms with van der Waals surface area (Å²) in [5.41, 5.74) is 6.44. The molecule has 94 valence electrons. The molecule has 0 bridgehead atoms. The highest BCUT2D eigenvalue weighted by Crippen LogP contribution is 2.27. The van der Waals surface area contributed by atoms with Gasteiger partial charge in [0.05, 0.1) is 25.5 Å². The lowest BCUT2D eigenvalue weighted by Crippen LogP contribution is -2.11. The van der Waals surface area contributed by atoms with Crippen molar-refractivity contribution in [2.75, 3.05) is 32.2 Å². The molecule has 1 fully saturated rings. The molecule has 1 atom stereocenters. The maximum absolute atomic E-state index is 5.79. The van der Waals surface area contributed by atoms with Crippen molar-refractivity contribution in [3.8, 4) is 11.5 Å².